The third-order valence-electron chi connectivity index (χ3n) is 6.11. The molecule has 2 aromatic rings. The monoisotopic (exact) mass is 447 g/mol. The van der Waals surface area contributed by atoms with Gasteiger partial charge in [0.2, 0.25) is 6.41 Å². The number of rotatable bonds is 6. The van der Waals surface area contributed by atoms with Crippen molar-refractivity contribution in [1.82, 2.24) is 14.9 Å². The number of alkyl halides is 1. The van der Waals surface area contributed by atoms with Crippen LogP contribution in [-0.2, 0) is 17.8 Å². The maximum atomic E-state index is 15.0. The maximum absolute atomic E-state index is 15.0. The molecule has 0 aliphatic carbocycles. The van der Waals surface area contributed by atoms with E-state index < -0.39 is 17.8 Å². The molecule has 1 aromatic carbocycles. The Bertz CT molecular complexity index is 978. The fourth-order valence-electron chi connectivity index (χ4n) is 4.41. The van der Waals surface area contributed by atoms with Crippen LogP contribution in [0.3, 0.4) is 0 Å². The van der Waals surface area contributed by atoms with Gasteiger partial charge in [-0.15, -0.1) is 0 Å². The molecule has 0 saturated carbocycles. The summed E-state index contributed by atoms with van der Waals surface area (Å²) in [7, 11) is 0. The molecule has 4 rings (SSSR count). The van der Waals surface area contributed by atoms with Crippen LogP contribution in [-0.4, -0.2) is 47.0 Å². The van der Waals surface area contributed by atoms with Gasteiger partial charge in [-0.2, -0.15) is 0 Å². The summed E-state index contributed by atoms with van der Waals surface area (Å²) in [6, 6.07) is 3.17. The Labute approximate surface area is 185 Å². The van der Waals surface area contributed by atoms with Crippen LogP contribution < -0.4 is 10.2 Å². The lowest BCUT2D eigenvalue weighted by atomic mass is 9.88. The molecule has 0 bridgehead atoms. The minimum Gasteiger partial charge on any atom is -0.365 e. The number of amides is 1. The summed E-state index contributed by atoms with van der Waals surface area (Å²) in [5.74, 6) is -0.501. The van der Waals surface area contributed by atoms with E-state index in [4.69, 9.17) is 9.97 Å². The van der Waals surface area contributed by atoms with Crippen LogP contribution in [0.25, 0.3) is 0 Å². The van der Waals surface area contributed by atoms with Crippen LogP contribution in [0.4, 0.5) is 24.8 Å². The molecule has 1 atom stereocenters. The van der Waals surface area contributed by atoms with E-state index in [0.717, 1.165) is 35.7 Å². The van der Waals surface area contributed by atoms with Crippen LogP contribution in [0.15, 0.2) is 18.2 Å². The van der Waals surface area contributed by atoms with Crippen LogP contribution in [0, 0.1) is 17.6 Å². The van der Waals surface area contributed by atoms with Crippen LogP contribution >= 0.6 is 0 Å². The van der Waals surface area contributed by atoms with Gasteiger partial charge >= 0.3 is 0 Å². The second-order valence-corrected chi connectivity index (χ2v) is 8.81. The first-order valence-corrected chi connectivity index (χ1v) is 11.1. The van der Waals surface area contributed by atoms with E-state index in [1.807, 2.05) is 13.8 Å². The SMILES string of the molecule is CC(C)Nc1nc2c(nc1N1CCC(C(F)c3ccc(F)cc3F)CC1)CCN(C=O)C2. The highest BCUT2D eigenvalue weighted by atomic mass is 19.1. The fourth-order valence-corrected chi connectivity index (χ4v) is 4.41. The second-order valence-electron chi connectivity index (χ2n) is 8.81. The van der Waals surface area contributed by atoms with Crippen molar-refractivity contribution < 1.29 is 18.0 Å². The van der Waals surface area contributed by atoms with Crippen molar-refractivity contribution in [1.29, 1.82) is 0 Å². The Balaban J connectivity index is 1.51. The molecule has 1 fully saturated rings. The highest BCUT2D eigenvalue weighted by Crippen LogP contribution is 2.37. The molecule has 1 saturated heterocycles. The molecule has 3 heterocycles. The number of carbonyl (C=O) groups excluding carboxylic acids is 1. The van der Waals surface area contributed by atoms with E-state index in [2.05, 4.69) is 10.2 Å². The summed E-state index contributed by atoms with van der Waals surface area (Å²) in [6.07, 6.45) is 1.04. The second kappa shape index (κ2) is 9.34. The van der Waals surface area contributed by atoms with Crippen molar-refractivity contribution in [3.63, 3.8) is 0 Å². The minimum atomic E-state index is -1.48. The van der Waals surface area contributed by atoms with Gasteiger partial charge in [0.25, 0.3) is 0 Å². The summed E-state index contributed by atoms with van der Waals surface area (Å²) in [5.41, 5.74) is 1.59. The summed E-state index contributed by atoms with van der Waals surface area (Å²) < 4.78 is 42.3. The zero-order valence-corrected chi connectivity index (χ0v) is 18.3. The first kappa shape index (κ1) is 22.4. The predicted molar refractivity (Wildman–Crippen MR) is 116 cm³/mol. The van der Waals surface area contributed by atoms with Crippen LogP contribution in [0.5, 0.6) is 0 Å². The molecule has 2 aliphatic rings. The summed E-state index contributed by atoms with van der Waals surface area (Å²) in [6.45, 7) is 6.20. The van der Waals surface area contributed by atoms with E-state index in [1.54, 1.807) is 4.90 Å². The Hall–Kier alpha value is -2.84. The third-order valence-corrected chi connectivity index (χ3v) is 6.11. The number of hydrogen-bond acceptors (Lipinski definition) is 5. The lowest BCUT2D eigenvalue weighted by molar-refractivity contribution is -0.119. The fraction of sp³-hybridized carbons (Fsp3) is 0.522. The Morgan fingerprint density at radius 3 is 2.53 bits per heavy atom. The standard InChI is InChI=1S/C23H28F3N5O/c1-14(2)27-22-23(29-19-7-8-30(13-32)12-20(19)28-22)31-9-5-15(6-10-31)21(26)17-4-3-16(24)11-18(17)25/h3-4,11,13-15,21H,5-10,12H2,1-2H3,(H,27,28). The topological polar surface area (TPSA) is 61.4 Å². The molecule has 6 nitrogen and oxygen atoms in total. The van der Waals surface area contributed by atoms with E-state index in [1.165, 1.54) is 6.07 Å². The number of fused-ring (bicyclic) bond motifs is 1. The third kappa shape index (κ3) is 4.66. The van der Waals surface area contributed by atoms with Gasteiger partial charge in [-0.3, -0.25) is 4.79 Å². The molecule has 9 heteroatoms. The molecule has 1 unspecified atom stereocenters. The quantitative estimate of drug-likeness (QED) is 0.678. The van der Waals surface area contributed by atoms with E-state index in [0.29, 0.717) is 51.3 Å². The van der Waals surface area contributed by atoms with Crippen LogP contribution in [0.2, 0.25) is 0 Å². The van der Waals surface area contributed by atoms with E-state index >= 15 is 4.39 Å². The van der Waals surface area contributed by atoms with Gasteiger partial charge in [-0.05, 0) is 38.7 Å². The molecular formula is C23H28F3N5O. The lowest BCUT2D eigenvalue weighted by Gasteiger charge is -2.36. The highest BCUT2D eigenvalue weighted by molar-refractivity contribution is 5.63. The van der Waals surface area contributed by atoms with Gasteiger partial charge in [-0.1, -0.05) is 6.07 Å². The summed E-state index contributed by atoms with van der Waals surface area (Å²) in [5, 5.41) is 3.34. The van der Waals surface area contributed by atoms with Gasteiger partial charge in [0.15, 0.2) is 11.6 Å². The average molecular weight is 448 g/mol. The van der Waals surface area contributed by atoms with Crippen molar-refractivity contribution in [2.75, 3.05) is 29.9 Å². The Kier molecular flexibility index (Phi) is 6.53. The number of nitrogens with one attached hydrogen (secondary N) is 1. The van der Waals surface area contributed by atoms with Crippen LogP contribution in [0.1, 0.15) is 49.8 Å². The number of aromatic nitrogens is 2. The van der Waals surface area contributed by atoms with Crippen molar-refractivity contribution in [2.45, 2.75) is 51.9 Å². The van der Waals surface area contributed by atoms with Crippen molar-refractivity contribution in [2.24, 2.45) is 5.92 Å². The van der Waals surface area contributed by atoms with Gasteiger partial charge in [0, 0.05) is 43.7 Å². The molecule has 0 spiro atoms. The first-order chi connectivity index (χ1) is 15.4. The number of halogens is 3. The van der Waals surface area contributed by atoms with E-state index in [-0.39, 0.29) is 17.5 Å². The number of benzene rings is 1. The van der Waals surface area contributed by atoms with Crippen molar-refractivity contribution >= 4 is 18.0 Å². The lowest BCUT2D eigenvalue weighted by Crippen LogP contribution is -2.38. The summed E-state index contributed by atoms with van der Waals surface area (Å²) in [4.78, 5) is 24.6. The molecule has 1 N–H and O–H groups in total. The molecule has 1 amide bonds. The zero-order valence-electron chi connectivity index (χ0n) is 18.3. The van der Waals surface area contributed by atoms with E-state index in [9.17, 15) is 13.6 Å². The molecule has 0 radical (unpaired) electrons. The minimum absolute atomic E-state index is 0.0830. The number of carbonyl (C=O) groups is 1. The molecule has 1 aromatic heterocycles. The summed E-state index contributed by atoms with van der Waals surface area (Å²) >= 11 is 0. The van der Waals surface area contributed by atoms with Gasteiger partial charge in [-0.25, -0.2) is 23.1 Å². The Morgan fingerprint density at radius 2 is 1.88 bits per heavy atom. The maximum Gasteiger partial charge on any atom is 0.210 e. The molecule has 172 valence electrons. The largest absolute Gasteiger partial charge is 0.365 e. The molecular weight excluding hydrogens is 419 g/mol. The average Bonchev–Trinajstić information content (AvgIpc) is 2.77. The number of anilines is 2. The smallest absolute Gasteiger partial charge is 0.210 e. The zero-order chi connectivity index (χ0) is 22.8. The molecule has 2 aliphatic heterocycles. The number of hydrogen-bond donors (Lipinski definition) is 1. The van der Waals surface area contributed by atoms with Gasteiger partial charge in [0.05, 0.1) is 17.9 Å². The Morgan fingerprint density at radius 1 is 1.12 bits per heavy atom. The predicted octanol–water partition coefficient (Wildman–Crippen LogP) is 4.02. The number of piperidine rings is 1. The van der Waals surface area contributed by atoms with Gasteiger partial charge < -0.3 is 15.1 Å². The molecule has 32 heavy (non-hydrogen) atoms. The first-order valence-electron chi connectivity index (χ1n) is 11.1. The van der Waals surface area contributed by atoms with Crippen molar-refractivity contribution in [3.8, 4) is 0 Å². The highest BCUT2D eigenvalue weighted by Gasteiger charge is 2.32. The van der Waals surface area contributed by atoms with Crippen molar-refractivity contribution in [3.05, 3.63) is 46.8 Å². The normalized spacial score (nSPS) is 17.9. The number of nitrogens with zero attached hydrogens (tertiary/aromatic N) is 4. The van der Waals surface area contributed by atoms with Gasteiger partial charge in [0.1, 0.15) is 17.8 Å².